The van der Waals surface area contributed by atoms with Crippen molar-refractivity contribution < 1.29 is 19.5 Å². The van der Waals surface area contributed by atoms with Gasteiger partial charge in [0.1, 0.15) is 0 Å². The number of carbonyl (C=O) groups excluding carboxylic acids is 2. The molecule has 0 bridgehead atoms. The third kappa shape index (κ3) is 6.05. The summed E-state index contributed by atoms with van der Waals surface area (Å²) < 4.78 is 0. The van der Waals surface area contributed by atoms with Gasteiger partial charge in [-0.15, -0.1) is 0 Å². The van der Waals surface area contributed by atoms with Crippen molar-refractivity contribution in [3.63, 3.8) is 0 Å². The Morgan fingerprint density at radius 2 is 1.93 bits per heavy atom. The molecule has 1 aliphatic rings. The van der Waals surface area contributed by atoms with Gasteiger partial charge in [0.25, 0.3) is 5.91 Å². The topological polar surface area (TPSA) is 98.7 Å². The first-order valence-electron chi connectivity index (χ1n) is 9.86. The summed E-state index contributed by atoms with van der Waals surface area (Å²) in [4.78, 5) is 37.2. The number of benzene rings is 1. The molecule has 0 aromatic heterocycles. The van der Waals surface area contributed by atoms with E-state index in [9.17, 15) is 14.4 Å². The van der Waals surface area contributed by atoms with Gasteiger partial charge in [0.05, 0.1) is 6.54 Å². The maximum Gasteiger partial charge on any atom is 0.317 e. The fourth-order valence-electron chi connectivity index (χ4n) is 3.46. The molecule has 1 aliphatic carbocycles. The van der Waals surface area contributed by atoms with Gasteiger partial charge in [0.2, 0.25) is 5.91 Å². The lowest BCUT2D eigenvalue weighted by atomic mass is 9.85. The number of carboxylic acid groups (broad SMARTS) is 1. The van der Waals surface area contributed by atoms with Crippen LogP contribution < -0.4 is 10.6 Å². The monoisotopic (exact) mass is 389 g/mol. The second kappa shape index (κ2) is 9.68. The number of hydrogen-bond acceptors (Lipinski definition) is 4. The highest BCUT2D eigenvalue weighted by atomic mass is 16.4. The van der Waals surface area contributed by atoms with Crippen LogP contribution in [0.25, 0.3) is 0 Å². The SMILES string of the molecule is CCN(CC(=O)O)C1CC(NC(=O)c2ccc(NC(=O)CC(C)C)c(C)c2)C1. The summed E-state index contributed by atoms with van der Waals surface area (Å²) in [6.45, 7) is 8.51. The van der Waals surface area contributed by atoms with Crippen LogP contribution in [-0.4, -0.2) is 53.0 Å². The van der Waals surface area contributed by atoms with Gasteiger partial charge in [-0.1, -0.05) is 20.8 Å². The number of aryl methyl sites for hydroxylation is 1. The first-order chi connectivity index (χ1) is 13.2. The molecule has 2 rings (SSSR count). The number of rotatable bonds is 9. The summed E-state index contributed by atoms with van der Waals surface area (Å²) in [6.07, 6.45) is 1.98. The molecule has 0 heterocycles. The average Bonchev–Trinajstić information content (AvgIpc) is 2.56. The van der Waals surface area contributed by atoms with E-state index in [0.29, 0.717) is 18.5 Å². The molecule has 1 aromatic carbocycles. The average molecular weight is 389 g/mol. The summed E-state index contributed by atoms with van der Waals surface area (Å²) >= 11 is 0. The molecule has 7 heteroatoms. The molecule has 7 nitrogen and oxygen atoms in total. The second-order valence-electron chi connectivity index (χ2n) is 7.93. The second-order valence-corrected chi connectivity index (χ2v) is 7.93. The van der Waals surface area contributed by atoms with Crippen LogP contribution in [0.15, 0.2) is 18.2 Å². The van der Waals surface area contributed by atoms with Gasteiger partial charge in [0.15, 0.2) is 0 Å². The molecule has 0 unspecified atom stereocenters. The smallest absolute Gasteiger partial charge is 0.317 e. The maximum absolute atomic E-state index is 12.5. The highest BCUT2D eigenvalue weighted by Crippen LogP contribution is 2.26. The quantitative estimate of drug-likeness (QED) is 0.603. The Hall–Kier alpha value is -2.41. The molecule has 0 aliphatic heterocycles. The lowest BCUT2D eigenvalue weighted by Gasteiger charge is -2.42. The molecule has 1 fully saturated rings. The van der Waals surface area contributed by atoms with Crippen molar-refractivity contribution in [1.82, 2.24) is 10.2 Å². The normalized spacial score (nSPS) is 18.6. The number of hydrogen-bond donors (Lipinski definition) is 3. The molecule has 154 valence electrons. The van der Waals surface area contributed by atoms with E-state index in [-0.39, 0.29) is 36.4 Å². The Balaban J connectivity index is 1.87. The Morgan fingerprint density at radius 1 is 1.25 bits per heavy atom. The zero-order chi connectivity index (χ0) is 20.8. The summed E-state index contributed by atoms with van der Waals surface area (Å²) in [5.74, 6) is -0.716. The van der Waals surface area contributed by atoms with Crippen LogP contribution in [0.4, 0.5) is 5.69 Å². The Kier molecular flexibility index (Phi) is 7.57. The van der Waals surface area contributed by atoms with E-state index in [1.807, 2.05) is 32.6 Å². The summed E-state index contributed by atoms with van der Waals surface area (Å²) in [5, 5.41) is 14.8. The van der Waals surface area contributed by atoms with Crippen LogP contribution in [0.5, 0.6) is 0 Å². The zero-order valence-electron chi connectivity index (χ0n) is 17.1. The molecule has 0 atom stereocenters. The van der Waals surface area contributed by atoms with E-state index in [2.05, 4.69) is 10.6 Å². The van der Waals surface area contributed by atoms with Gasteiger partial charge in [0, 0.05) is 29.8 Å². The van der Waals surface area contributed by atoms with E-state index in [1.165, 1.54) is 0 Å². The van der Waals surface area contributed by atoms with Crippen LogP contribution in [0.2, 0.25) is 0 Å². The molecular weight excluding hydrogens is 358 g/mol. The fourth-order valence-corrected chi connectivity index (χ4v) is 3.46. The molecule has 0 spiro atoms. The van der Waals surface area contributed by atoms with Crippen LogP contribution >= 0.6 is 0 Å². The molecule has 28 heavy (non-hydrogen) atoms. The van der Waals surface area contributed by atoms with Crippen LogP contribution in [-0.2, 0) is 9.59 Å². The lowest BCUT2D eigenvalue weighted by molar-refractivity contribution is -0.139. The van der Waals surface area contributed by atoms with Crippen molar-refractivity contribution in [2.75, 3.05) is 18.4 Å². The standard InChI is InChI=1S/C21H31N3O4/c1-5-24(12-20(26)27)17-10-16(11-17)22-21(28)15-6-7-18(14(4)9-15)23-19(25)8-13(2)3/h6-7,9,13,16-17H,5,8,10-12H2,1-4H3,(H,22,28)(H,23,25)(H,26,27). The van der Waals surface area contributed by atoms with Crippen molar-refractivity contribution in [2.24, 2.45) is 5.92 Å². The highest BCUT2D eigenvalue weighted by Gasteiger charge is 2.34. The van der Waals surface area contributed by atoms with E-state index < -0.39 is 5.97 Å². The maximum atomic E-state index is 12.5. The number of likely N-dealkylation sites (N-methyl/N-ethyl adjacent to an activating group) is 1. The van der Waals surface area contributed by atoms with E-state index in [4.69, 9.17) is 5.11 Å². The van der Waals surface area contributed by atoms with Crippen LogP contribution in [0, 0.1) is 12.8 Å². The van der Waals surface area contributed by atoms with E-state index >= 15 is 0 Å². The third-order valence-electron chi connectivity index (χ3n) is 5.07. The summed E-state index contributed by atoms with van der Waals surface area (Å²) in [7, 11) is 0. The van der Waals surface area contributed by atoms with Crippen LogP contribution in [0.1, 0.15) is 56.0 Å². The number of aliphatic carboxylic acids is 1. The predicted octanol–water partition coefficient (Wildman–Crippen LogP) is 2.65. The van der Waals surface area contributed by atoms with Crippen molar-refractivity contribution >= 4 is 23.5 Å². The molecule has 1 saturated carbocycles. The minimum atomic E-state index is -0.828. The Bertz CT molecular complexity index is 726. The molecule has 1 aromatic rings. The van der Waals surface area contributed by atoms with Gasteiger partial charge in [-0.2, -0.15) is 0 Å². The van der Waals surface area contributed by atoms with Crippen molar-refractivity contribution in [1.29, 1.82) is 0 Å². The molecule has 0 radical (unpaired) electrons. The summed E-state index contributed by atoms with van der Waals surface area (Å²) in [6, 6.07) is 5.52. The first-order valence-corrected chi connectivity index (χ1v) is 9.86. The number of anilines is 1. The summed E-state index contributed by atoms with van der Waals surface area (Å²) in [5.41, 5.74) is 2.12. The van der Waals surface area contributed by atoms with Gasteiger partial charge < -0.3 is 15.7 Å². The third-order valence-corrected chi connectivity index (χ3v) is 5.07. The lowest BCUT2D eigenvalue weighted by Crippen LogP contribution is -2.54. The van der Waals surface area contributed by atoms with Crippen molar-refractivity contribution in [3.8, 4) is 0 Å². The zero-order valence-corrected chi connectivity index (χ0v) is 17.1. The van der Waals surface area contributed by atoms with Gasteiger partial charge in [-0.25, -0.2) is 0 Å². The highest BCUT2D eigenvalue weighted by molar-refractivity contribution is 5.96. The number of carboxylic acids is 1. The Labute approximate surface area is 166 Å². The van der Waals surface area contributed by atoms with Crippen molar-refractivity contribution in [3.05, 3.63) is 29.3 Å². The number of nitrogens with zero attached hydrogens (tertiary/aromatic N) is 1. The molecule has 2 amide bonds. The number of nitrogens with one attached hydrogen (secondary N) is 2. The predicted molar refractivity (Wildman–Crippen MR) is 108 cm³/mol. The molecular formula is C21H31N3O4. The number of carbonyl (C=O) groups is 3. The minimum Gasteiger partial charge on any atom is -0.480 e. The van der Waals surface area contributed by atoms with Gasteiger partial charge in [-0.05, 0) is 56.0 Å². The van der Waals surface area contributed by atoms with Crippen LogP contribution in [0.3, 0.4) is 0 Å². The molecule has 0 saturated heterocycles. The molecule has 3 N–H and O–H groups in total. The van der Waals surface area contributed by atoms with E-state index in [0.717, 1.165) is 24.1 Å². The van der Waals surface area contributed by atoms with Gasteiger partial charge >= 0.3 is 5.97 Å². The van der Waals surface area contributed by atoms with Crippen molar-refractivity contribution in [2.45, 2.75) is 59.0 Å². The van der Waals surface area contributed by atoms with Gasteiger partial charge in [-0.3, -0.25) is 19.3 Å². The minimum absolute atomic E-state index is 0.0300. The number of amides is 2. The van der Waals surface area contributed by atoms with E-state index in [1.54, 1.807) is 18.2 Å². The largest absolute Gasteiger partial charge is 0.480 e. The fraction of sp³-hybridized carbons (Fsp3) is 0.571. The Morgan fingerprint density at radius 3 is 2.46 bits per heavy atom. The first kappa shape index (κ1) is 21.9.